The maximum absolute atomic E-state index is 12.8. The summed E-state index contributed by atoms with van der Waals surface area (Å²) >= 11 is 0. The number of hydrogen-bond donors (Lipinski definition) is 1. The lowest BCUT2D eigenvalue weighted by atomic mass is 9.85. The summed E-state index contributed by atoms with van der Waals surface area (Å²) in [6.07, 6.45) is 1.93. The summed E-state index contributed by atoms with van der Waals surface area (Å²) in [7, 11) is 0. The predicted molar refractivity (Wildman–Crippen MR) is 91.6 cm³/mol. The molecule has 7 nitrogen and oxygen atoms in total. The number of nitrogens with one attached hydrogen (secondary N) is 1. The quantitative estimate of drug-likeness (QED) is 0.848. The number of carbonyl (C=O) groups excluding carboxylic acids is 3. The molecule has 1 aromatic rings. The molecule has 1 N–H and O–H groups in total. The van der Waals surface area contributed by atoms with Crippen molar-refractivity contribution in [1.29, 1.82) is 0 Å². The molecule has 25 heavy (non-hydrogen) atoms. The van der Waals surface area contributed by atoms with Gasteiger partial charge in [-0.15, -0.1) is 0 Å². The fourth-order valence-electron chi connectivity index (χ4n) is 3.61. The molecule has 0 aromatic carbocycles. The fourth-order valence-corrected chi connectivity index (χ4v) is 3.61. The molecule has 1 aromatic heterocycles. The first-order valence-electron chi connectivity index (χ1n) is 8.66. The fraction of sp³-hybridized carbons (Fsp3) is 0.556. The highest BCUT2D eigenvalue weighted by Gasteiger charge is 2.45. The van der Waals surface area contributed by atoms with Gasteiger partial charge in [-0.05, 0) is 12.1 Å². The second-order valence-corrected chi connectivity index (χ2v) is 7.31. The van der Waals surface area contributed by atoms with E-state index in [9.17, 15) is 14.4 Å². The topological polar surface area (TPSA) is 82.6 Å². The molecule has 1 spiro atoms. The van der Waals surface area contributed by atoms with Gasteiger partial charge in [0.25, 0.3) is 5.91 Å². The van der Waals surface area contributed by atoms with Crippen LogP contribution in [0.5, 0.6) is 0 Å². The highest BCUT2D eigenvalue weighted by Crippen LogP contribution is 2.31. The van der Waals surface area contributed by atoms with Crippen LogP contribution in [0.4, 0.5) is 0 Å². The first-order chi connectivity index (χ1) is 11.9. The Labute approximate surface area is 147 Å². The maximum atomic E-state index is 12.8. The lowest BCUT2D eigenvalue weighted by Gasteiger charge is -2.33. The lowest BCUT2D eigenvalue weighted by molar-refractivity contribution is -0.135. The van der Waals surface area contributed by atoms with Gasteiger partial charge in [-0.2, -0.15) is 0 Å². The number of carbonyl (C=O) groups is 3. The molecule has 0 bridgehead atoms. The average molecular weight is 344 g/mol. The van der Waals surface area contributed by atoms with Gasteiger partial charge in [0.1, 0.15) is 5.69 Å². The Morgan fingerprint density at radius 1 is 1.20 bits per heavy atom. The molecule has 3 amide bonds. The summed E-state index contributed by atoms with van der Waals surface area (Å²) < 4.78 is 0. The van der Waals surface area contributed by atoms with Gasteiger partial charge in [-0.1, -0.05) is 19.9 Å². The predicted octanol–water partition coefficient (Wildman–Crippen LogP) is 0.528. The first-order valence-corrected chi connectivity index (χ1v) is 8.66. The van der Waals surface area contributed by atoms with Crippen molar-refractivity contribution in [3.8, 4) is 0 Å². The minimum atomic E-state index is -0.428. The summed E-state index contributed by atoms with van der Waals surface area (Å²) in [5, 5.41) is 2.87. The number of pyridine rings is 1. The van der Waals surface area contributed by atoms with Gasteiger partial charge in [0, 0.05) is 56.7 Å². The van der Waals surface area contributed by atoms with Gasteiger partial charge in [0.15, 0.2) is 0 Å². The summed E-state index contributed by atoms with van der Waals surface area (Å²) in [6, 6.07) is 5.24. The van der Waals surface area contributed by atoms with E-state index >= 15 is 0 Å². The second-order valence-electron chi connectivity index (χ2n) is 7.31. The van der Waals surface area contributed by atoms with E-state index in [1.807, 2.05) is 13.8 Å². The molecule has 2 saturated heterocycles. The zero-order valence-corrected chi connectivity index (χ0v) is 14.7. The van der Waals surface area contributed by atoms with Crippen LogP contribution >= 0.6 is 0 Å². The van der Waals surface area contributed by atoms with Crippen LogP contribution in [0.3, 0.4) is 0 Å². The van der Waals surface area contributed by atoms with E-state index in [-0.39, 0.29) is 23.6 Å². The molecule has 1 atom stereocenters. The SMILES string of the molecule is CC(C)C(=O)N1CCN(C(=O)c2ccccn2)CC2(CNC(=O)C2)C1. The first kappa shape index (κ1) is 17.4. The second kappa shape index (κ2) is 6.82. The van der Waals surface area contributed by atoms with E-state index in [0.29, 0.717) is 44.8 Å². The van der Waals surface area contributed by atoms with Crippen molar-refractivity contribution in [3.63, 3.8) is 0 Å². The maximum Gasteiger partial charge on any atom is 0.272 e. The zero-order chi connectivity index (χ0) is 18.0. The number of amides is 3. The van der Waals surface area contributed by atoms with Crippen LogP contribution in [0.2, 0.25) is 0 Å². The van der Waals surface area contributed by atoms with Crippen LogP contribution in [-0.4, -0.2) is 65.2 Å². The molecule has 0 saturated carbocycles. The van der Waals surface area contributed by atoms with Gasteiger partial charge in [-0.3, -0.25) is 19.4 Å². The third-order valence-corrected chi connectivity index (χ3v) is 4.87. The Bertz CT molecular complexity index is 676. The zero-order valence-electron chi connectivity index (χ0n) is 14.7. The molecular formula is C18H24N4O3. The summed E-state index contributed by atoms with van der Waals surface area (Å²) in [5.74, 6) is -0.228. The molecule has 7 heteroatoms. The van der Waals surface area contributed by atoms with Gasteiger partial charge < -0.3 is 15.1 Å². The van der Waals surface area contributed by atoms with Crippen molar-refractivity contribution in [2.75, 3.05) is 32.7 Å². The van der Waals surface area contributed by atoms with Crippen LogP contribution in [0, 0.1) is 11.3 Å². The van der Waals surface area contributed by atoms with Crippen molar-refractivity contribution in [1.82, 2.24) is 20.1 Å². The van der Waals surface area contributed by atoms with Gasteiger partial charge in [-0.25, -0.2) is 0 Å². The smallest absolute Gasteiger partial charge is 0.272 e. The van der Waals surface area contributed by atoms with E-state index in [2.05, 4.69) is 10.3 Å². The van der Waals surface area contributed by atoms with Crippen molar-refractivity contribution in [2.45, 2.75) is 20.3 Å². The highest BCUT2D eigenvalue weighted by molar-refractivity contribution is 5.92. The van der Waals surface area contributed by atoms with Gasteiger partial charge in [0.05, 0.1) is 0 Å². The van der Waals surface area contributed by atoms with Crippen molar-refractivity contribution >= 4 is 17.7 Å². The third-order valence-electron chi connectivity index (χ3n) is 4.87. The molecule has 0 aliphatic carbocycles. The van der Waals surface area contributed by atoms with Crippen LogP contribution in [0.25, 0.3) is 0 Å². The summed E-state index contributed by atoms with van der Waals surface area (Å²) in [6.45, 7) is 6.09. The van der Waals surface area contributed by atoms with Crippen molar-refractivity contribution in [3.05, 3.63) is 30.1 Å². The van der Waals surface area contributed by atoms with Crippen LogP contribution < -0.4 is 5.32 Å². The molecule has 2 aliphatic heterocycles. The largest absolute Gasteiger partial charge is 0.355 e. The minimum Gasteiger partial charge on any atom is -0.355 e. The monoisotopic (exact) mass is 344 g/mol. The van der Waals surface area contributed by atoms with Crippen LogP contribution in [0.1, 0.15) is 30.8 Å². The molecule has 0 radical (unpaired) electrons. The molecule has 3 rings (SSSR count). The molecular weight excluding hydrogens is 320 g/mol. The van der Waals surface area contributed by atoms with Crippen molar-refractivity contribution in [2.24, 2.45) is 11.3 Å². The number of aromatic nitrogens is 1. The Balaban J connectivity index is 1.86. The summed E-state index contributed by atoms with van der Waals surface area (Å²) in [4.78, 5) is 44.9. The van der Waals surface area contributed by atoms with Crippen molar-refractivity contribution < 1.29 is 14.4 Å². The number of rotatable bonds is 2. The van der Waals surface area contributed by atoms with Gasteiger partial charge in [0.2, 0.25) is 11.8 Å². The number of hydrogen-bond acceptors (Lipinski definition) is 4. The van der Waals surface area contributed by atoms with E-state index in [0.717, 1.165) is 0 Å². The van der Waals surface area contributed by atoms with E-state index in [4.69, 9.17) is 0 Å². The molecule has 2 aliphatic rings. The number of nitrogens with zero attached hydrogens (tertiary/aromatic N) is 3. The lowest BCUT2D eigenvalue weighted by Crippen LogP contribution is -2.45. The van der Waals surface area contributed by atoms with E-state index in [1.165, 1.54) is 0 Å². The average Bonchev–Trinajstić information content (AvgIpc) is 2.86. The van der Waals surface area contributed by atoms with Gasteiger partial charge >= 0.3 is 0 Å². The normalized spacial score (nSPS) is 23.7. The molecule has 3 heterocycles. The third kappa shape index (κ3) is 3.65. The Kier molecular flexibility index (Phi) is 4.74. The minimum absolute atomic E-state index is 0.0240. The van der Waals surface area contributed by atoms with E-state index < -0.39 is 5.41 Å². The standard InChI is InChI=1S/C18H24N4O3/c1-13(2)16(24)21-7-8-22(17(25)14-5-3-4-6-19-14)12-18(11-21)9-15(23)20-10-18/h3-6,13H,7-12H2,1-2H3,(H,20,23). The Morgan fingerprint density at radius 2 is 1.92 bits per heavy atom. The molecule has 2 fully saturated rings. The Hall–Kier alpha value is -2.44. The molecule has 1 unspecified atom stereocenters. The van der Waals surface area contributed by atoms with E-state index in [1.54, 1.807) is 34.2 Å². The highest BCUT2D eigenvalue weighted by atomic mass is 16.2. The molecule has 134 valence electrons. The van der Waals surface area contributed by atoms with Crippen LogP contribution in [-0.2, 0) is 9.59 Å². The Morgan fingerprint density at radius 3 is 2.52 bits per heavy atom. The van der Waals surface area contributed by atoms with Crippen LogP contribution in [0.15, 0.2) is 24.4 Å². The summed E-state index contributed by atoms with van der Waals surface area (Å²) in [5.41, 5.74) is -0.0404.